The maximum Gasteiger partial charge on any atom is 0.320 e. The average Bonchev–Trinajstić information content (AvgIpc) is 2.74. The van der Waals surface area contributed by atoms with Crippen molar-refractivity contribution in [3.63, 3.8) is 0 Å². The third-order valence-electron chi connectivity index (χ3n) is 4.93. The van der Waals surface area contributed by atoms with Gasteiger partial charge in [0.1, 0.15) is 11.7 Å². The molecule has 1 aromatic heterocycles. The number of rotatable bonds is 5. The summed E-state index contributed by atoms with van der Waals surface area (Å²) in [5.41, 5.74) is 7.52. The van der Waals surface area contributed by atoms with Gasteiger partial charge in [-0.1, -0.05) is 30.3 Å². The van der Waals surface area contributed by atoms with Gasteiger partial charge in [-0.25, -0.2) is 9.78 Å². The summed E-state index contributed by atoms with van der Waals surface area (Å²) >= 11 is 0. The molecule has 1 saturated heterocycles. The van der Waals surface area contributed by atoms with Crippen LogP contribution >= 0.6 is 0 Å². The quantitative estimate of drug-likeness (QED) is 0.380. The lowest BCUT2D eigenvalue weighted by Crippen LogP contribution is -2.38. The van der Waals surface area contributed by atoms with Gasteiger partial charge in [-0.15, -0.1) is 0 Å². The number of amides is 3. The first-order valence-corrected chi connectivity index (χ1v) is 9.79. The molecule has 0 radical (unpaired) electrons. The molecule has 1 aliphatic rings. The van der Waals surface area contributed by atoms with Gasteiger partial charge in [-0.3, -0.25) is 15.5 Å². The van der Waals surface area contributed by atoms with E-state index in [2.05, 4.69) is 20.9 Å². The van der Waals surface area contributed by atoms with Crippen LogP contribution in [0.2, 0.25) is 0 Å². The molecule has 1 aromatic carbocycles. The monoisotopic (exact) mass is 410 g/mol. The number of carbonyl (C=O) groups is 2. The van der Waals surface area contributed by atoms with Crippen LogP contribution in [0.1, 0.15) is 36.9 Å². The van der Waals surface area contributed by atoms with E-state index in [1.54, 1.807) is 0 Å². The van der Waals surface area contributed by atoms with Crippen LogP contribution in [0.5, 0.6) is 0 Å². The Labute approximate surface area is 174 Å². The second-order valence-electron chi connectivity index (χ2n) is 7.14. The van der Waals surface area contributed by atoms with Crippen LogP contribution in [0.25, 0.3) is 0 Å². The number of nitrogens with zero attached hydrogens (tertiary/aromatic N) is 1. The molecule has 2 aromatic rings. The number of amidine groups is 1. The summed E-state index contributed by atoms with van der Waals surface area (Å²) in [6.07, 6.45) is 2.62. The van der Waals surface area contributed by atoms with Gasteiger partial charge in [0.25, 0.3) is 0 Å². The number of nitrogens with one attached hydrogen (secondary N) is 4. The Morgan fingerprint density at radius 3 is 2.60 bits per heavy atom. The second-order valence-corrected chi connectivity index (χ2v) is 7.14. The number of hydrogen-bond acceptors (Lipinski definition) is 6. The molecule has 0 bridgehead atoms. The van der Waals surface area contributed by atoms with E-state index in [4.69, 9.17) is 15.9 Å². The van der Waals surface area contributed by atoms with Gasteiger partial charge in [0.2, 0.25) is 5.91 Å². The van der Waals surface area contributed by atoms with Crippen molar-refractivity contribution in [2.45, 2.75) is 25.8 Å². The molecule has 0 saturated carbocycles. The fourth-order valence-electron chi connectivity index (χ4n) is 3.17. The summed E-state index contributed by atoms with van der Waals surface area (Å²) in [5.74, 6) is -0.272. The van der Waals surface area contributed by atoms with Gasteiger partial charge < -0.3 is 21.1 Å². The highest BCUT2D eigenvalue weighted by Gasteiger charge is 2.23. The number of anilines is 2. The second kappa shape index (κ2) is 9.84. The fourth-order valence-corrected chi connectivity index (χ4v) is 3.17. The minimum Gasteiger partial charge on any atom is -0.398 e. The van der Waals surface area contributed by atoms with Gasteiger partial charge in [-0.05, 0) is 25.3 Å². The highest BCUT2D eigenvalue weighted by molar-refractivity contribution is 6.09. The van der Waals surface area contributed by atoms with Crippen molar-refractivity contribution in [1.82, 2.24) is 15.6 Å². The van der Waals surface area contributed by atoms with E-state index in [0.29, 0.717) is 31.6 Å². The molecule has 0 spiro atoms. The molecule has 2 heterocycles. The van der Waals surface area contributed by atoms with Crippen LogP contribution in [0, 0.1) is 11.3 Å². The number of nitrogens with two attached hydrogens (primary N) is 1. The van der Waals surface area contributed by atoms with Gasteiger partial charge in [0, 0.05) is 37.1 Å². The predicted molar refractivity (Wildman–Crippen MR) is 114 cm³/mol. The Kier molecular flexibility index (Phi) is 6.97. The minimum absolute atomic E-state index is 0.120. The number of urea groups is 1. The lowest BCUT2D eigenvalue weighted by molar-refractivity contribution is -0.126. The molecular weight excluding hydrogens is 384 g/mol. The third-order valence-corrected chi connectivity index (χ3v) is 4.93. The van der Waals surface area contributed by atoms with E-state index in [1.807, 2.05) is 37.3 Å². The number of ether oxygens (including phenoxy) is 1. The van der Waals surface area contributed by atoms with Crippen molar-refractivity contribution in [1.29, 1.82) is 5.41 Å². The van der Waals surface area contributed by atoms with Crippen LogP contribution < -0.4 is 21.7 Å². The molecule has 158 valence electrons. The molecule has 1 aliphatic heterocycles. The van der Waals surface area contributed by atoms with E-state index in [1.165, 1.54) is 12.3 Å². The van der Waals surface area contributed by atoms with Crippen LogP contribution in [0.15, 0.2) is 42.6 Å². The molecule has 9 nitrogen and oxygen atoms in total. The normalized spacial score (nSPS) is 15.1. The SMILES string of the molecule is C[C@@H](NC(=O)Nc1cc(N)c(C(=N)NC(=O)C2CCOCC2)cn1)c1ccccc1. The topological polar surface area (TPSA) is 142 Å². The Bertz CT molecular complexity index is 912. The van der Waals surface area contributed by atoms with Gasteiger partial charge in [0.15, 0.2) is 0 Å². The molecule has 3 rings (SSSR count). The molecule has 9 heteroatoms. The number of aromatic nitrogens is 1. The first-order chi connectivity index (χ1) is 14.4. The lowest BCUT2D eigenvalue weighted by Gasteiger charge is -2.21. The van der Waals surface area contributed by atoms with Crippen LogP contribution in [-0.4, -0.2) is 36.0 Å². The van der Waals surface area contributed by atoms with E-state index in [0.717, 1.165) is 5.56 Å². The standard InChI is InChI=1S/C21H26N6O3/c1-13(14-5-3-2-4-6-14)25-21(29)26-18-11-17(22)16(12-24-18)19(23)27-20(28)15-7-9-30-10-8-15/h2-6,11-13,15H,7-10H2,1H3,(H2,23,27,28)(H4,22,24,25,26,29)/t13-/m1/s1. The summed E-state index contributed by atoms with van der Waals surface area (Å²) in [5, 5.41) is 16.2. The maximum absolute atomic E-state index is 12.3. The van der Waals surface area contributed by atoms with Crippen LogP contribution in [-0.2, 0) is 9.53 Å². The zero-order valence-corrected chi connectivity index (χ0v) is 16.8. The smallest absolute Gasteiger partial charge is 0.320 e. The summed E-state index contributed by atoms with van der Waals surface area (Å²) < 4.78 is 5.25. The van der Waals surface area contributed by atoms with Gasteiger partial charge in [-0.2, -0.15) is 0 Å². The van der Waals surface area contributed by atoms with Crippen molar-refractivity contribution in [3.8, 4) is 0 Å². The molecule has 1 fully saturated rings. The highest BCUT2D eigenvalue weighted by atomic mass is 16.5. The van der Waals surface area contributed by atoms with Crippen molar-refractivity contribution in [2.75, 3.05) is 24.3 Å². The maximum atomic E-state index is 12.3. The fraction of sp³-hybridized carbons (Fsp3) is 0.333. The number of pyridine rings is 1. The van der Waals surface area contributed by atoms with Crippen molar-refractivity contribution in [3.05, 3.63) is 53.7 Å². The Hall–Kier alpha value is -3.46. The number of nitrogen functional groups attached to an aromatic ring is 1. The van der Waals surface area contributed by atoms with E-state index in [9.17, 15) is 9.59 Å². The highest BCUT2D eigenvalue weighted by Crippen LogP contribution is 2.18. The third kappa shape index (κ3) is 5.54. The molecule has 0 aliphatic carbocycles. The van der Waals surface area contributed by atoms with Crippen molar-refractivity contribution >= 4 is 29.3 Å². The molecule has 0 unspecified atom stereocenters. The number of carbonyl (C=O) groups excluding carboxylic acids is 2. The first-order valence-electron chi connectivity index (χ1n) is 9.79. The molecule has 1 atom stereocenters. The zero-order chi connectivity index (χ0) is 21.5. The summed E-state index contributed by atoms with van der Waals surface area (Å²) in [6, 6.07) is 10.4. The Morgan fingerprint density at radius 2 is 1.93 bits per heavy atom. The van der Waals surface area contributed by atoms with E-state index < -0.39 is 6.03 Å². The minimum atomic E-state index is -0.422. The molecule has 6 N–H and O–H groups in total. The number of benzene rings is 1. The molecule has 3 amide bonds. The van der Waals surface area contributed by atoms with Crippen molar-refractivity contribution in [2.24, 2.45) is 5.92 Å². The predicted octanol–water partition coefficient (Wildman–Crippen LogP) is 2.41. The van der Waals surface area contributed by atoms with E-state index >= 15 is 0 Å². The summed E-state index contributed by atoms with van der Waals surface area (Å²) in [4.78, 5) is 28.7. The van der Waals surface area contributed by atoms with E-state index in [-0.39, 0.29) is 35.2 Å². The largest absolute Gasteiger partial charge is 0.398 e. The summed E-state index contributed by atoms with van der Waals surface area (Å²) in [6.45, 7) is 2.96. The van der Waals surface area contributed by atoms with Crippen LogP contribution in [0.4, 0.5) is 16.3 Å². The molecular formula is C21H26N6O3. The lowest BCUT2D eigenvalue weighted by atomic mass is 9.99. The zero-order valence-electron chi connectivity index (χ0n) is 16.8. The van der Waals surface area contributed by atoms with Crippen molar-refractivity contribution < 1.29 is 14.3 Å². The van der Waals surface area contributed by atoms with Gasteiger partial charge >= 0.3 is 6.03 Å². The summed E-state index contributed by atoms with van der Waals surface area (Å²) in [7, 11) is 0. The average molecular weight is 410 g/mol. The van der Waals surface area contributed by atoms with Gasteiger partial charge in [0.05, 0.1) is 11.6 Å². The first kappa shape index (κ1) is 21.3. The molecule has 30 heavy (non-hydrogen) atoms. The number of hydrogen-bond donors (Lipinski definition) is 5. The van der Waals surface area contributed by atoms with Crippen LogP contribution in [0.3, 0.4) is 0 Å². The Balaban J connectivity index is 1.57. The Morgan fingerprint density at radius 1 is 1.23 bits per heavy atom.